The molecule has 2 aromatic rings. The van der Waals surface area contributed by atoms with Crippen molar-refractivity contribution < 1.29 is 15.0 Å². The van der Waals surface area contributed by atoms with Crippen LogP contribution >= 0.6 is 0 Å². The summed E-state index contributed by atoms with van der Waals surface area (Å²) < 4.78 is 0. The number of anilines is 2. The lowest BCUT2D eigenvalue weighted by molar-refractivity contribution is -0.122. The number of hydrogen-bond acceptors (Lipinski definition) is 3. The maximum atomic E-state index is 12.6. The van der Waals surface area contributed by atoms with E-state index in [9.17, 15) is 15.0 Å². The molecule has 4 heteroatoms. The van der Waals surface area contributed by atoms with E-state index in [-0.39, 0.29) is 18.3 Å². The molecule has 4 nitrogen and oxygen atoms in total. The van der Waals surface area contributed by atoms with Gasteiger partial charge in [0, 0.05) is 11.4 Å². The predicted octanol–water partition coefficient (Wildman–Crippen LogP) is 2.99. The number of nitrogens with zero attached hydrogens (tertiary/aromatic N) is 1. The lowest BCUT2D eigenvalue weighted by Gasteiger charge is -2.26. The molecule has 0 aliphatic rings. The molecule has 0 aliphatic heterocycles. The first-order valence-corrected chi connectivity index (χ1v) is 6.84. The average molecular weight is 285 g/mol. The Morgan fingerprint density at radius 1 is 1.14 bits per heavy atom. The van der Waals surface area contributed by atoms with Gasteiger partial charge in [0.15, 0.2) is 0 Å². The van der Waals surface area contributed by atoms with E-state index in [1.165, 1.54) is 0 Å². The van der Waals surface area contributed by atoms with Gasteiger partial charge < -0.3 is 10.2 Å². The Hall–Kier alpha value is -2.33. The number of amides is 1. The van der Waals surface area contributed by atoms with E-state index in [1.54, 1.807) is 36.9 Å². The van der Waals surface area contributed by atoms with Gasteiger partial charge in [0.25, 0.3) is 0 Å². The SMILES string of the molecule is Cc1cc(N(C(=O)C(C)CO)c2ccccc2)ccc1O. The number of aliphatic hydroxyl groups is 1. The van der Waals surface area contributed by atoms with Gasteiger partial charge in [0.1, 0.15) is 5.75 Å². The van der Waals surface area contributed by atoms with Gasteiger partial charge in [-0.1, -0.05) is 25.1 Å². The Bertz CT molecular complexity index is 625. The van der Waals surface area contributed by atoms with Crippen LogP contribution in [0.25, 0.3) is 0 Å². The molecule has 2 aromatic carbocycles. The number of phenols is 1. The third-order valence-electron chi connectivity index (χ3n) is 3.37. The summed E-state index contributed by atoms with van der Waals surface area (Å²) in [6.45, 7) is 3.26. The Morgan fingerprint density at radius 3 is 2.38 bits per heavy atom. The van der Waals surface area contributed by atoms with Gasteiger partial charge in [-0.25, -0.2) is 0 Å². The van der Waals surface area contributed by atoms with Crippen molar-refractivity contribution >= 4 is 17.3 Å². The molecule has 2 rings (SSSR count). The summed E-state index contributed by atoms with van der Waals surface area (Å²) in [6, 6.07) is 14.3. The zero-order valence-corrected chi connectivity index (χ0v) is 12.2. The minimum atomic E-state index is -0.501. The average Bonchev–Trinajstić information content (AvgIpc) is 2.51. The minimum Gasteiger partial charge on any atom is -0.508 e. The molecule has 110 valence electrons. The second-order valence-corrected chi connectivity index (χ2v) is 5.06. The molecule has 0 saturated carbocycles. The second-order valence-electron chi connectivity index (χ2n) is 5.06. The van der Waals surface area contributed by atoms with Crippen LogP contribution in [0.1, 0.15) is 12.5 Å². The molecule has 0 radical (unpaired) electrons. The summed E-state index contributed by atoms with van der Waals surface area (Å²) in [5.74, 6) is -0.498. The number of phenolic OH excluding ortho intramolecular Hbond substituents is 1. The van der Waals surface area contributed by atoms with Gasteiger partial charge in [-0.05, 0) is 42.8 Å². The van der Waals surface area contributed by atoms with E-state index < -0.39 is 5.92 Å². The quantitative estimate of drug-likeness (QED) is 0.907. The molecular weight excluding hydrogens is 266 g/mol. The summed E-state index contributed by atoms with van der Waals surface area (Å²) in [5, 5.41) is 18.9. The van der Waals surface area contributed by atoms with Crippen LogP contribution in [0.3, 0.4) is 0 Å². The smallest absolute Gasteiger partial charge is 0.236 e. The summed E-state index contributed by atoms with van der Waals surface area (Å²) in [7, 11) is 0. The van der Waals surface area contributed by atoms with E-state index in [0.29, 0.717) is 11.3 Å². The van der Waals surface area contributed by atoms with Crippen LogP contribution in [0, 0.1) is 12.8 Å². The van der Waals surface area contributed by atoms with Gasteiger partial charge in [-0.2, -0.15) is 0 Å². The van der Waals surface area contributed by atoms with Crippen LogP contribution in [-0.2, 0) is 4.79 Å². The van der Waals surface area contributed by atoms with E-state index in [4.69, 9.17) is 0 Å². The van der Waals surface area contributed by atoms with Gasteiger partial charge in [-0.15, -0.1) is 0 Å². The van der Waals surface area contributed by atoms with Crippen molar-refractivity contribution in [3.63, 3.8) is 0 Å². The third-order valence-corrected chi connectivity index (χ3v) is 3.37. The predicted molar refractivity (Wildman–Crippen MR) is 82.7 cm³/mol. The van der Waals surface area contributed by atoms with Gasteiger partial charge >= 0.3 is 0 Å². The normalized spacial score (nSPS) is 12.0. The van der Waals surface area contributed by atoms with Crippen molar-refractivity contribution in [2.75, 3.05) is 11.5 Å². The third kappa shape index (κ3) is 3.23. The van der Waals surface area contributed by atoms with Crippen LogP contribution in [0.5, 0.6) is 5.75 Å². The highest BCUT2D eigenvalue weighted by molar-refractivity contribution is 6.01. The number of benzene rings is 2. The maximum Gasteiger partial charge on any atom is 0.236 e. The fraction of sp³-hybridized carbons (Fsp3) is 0.235. The molecule has 1 atom stereocenters. The van der Waals surface area contributed by atoms with E-state index >= 15 is 0 Å². The van der Waals surface area contributed by atoms with Crippen LogP contribution < -0.4 is 4.90 Å². The Kier molecular flexibility index (Phi) is 4.60. The molecule has 0 heterocycles. The van der Waals surface area contributed by atoms with Crippen molar-refractivity contribution in [1.82, 2.24) is 0 Å². The number of rotatable bonds is 4. The van der Waals surface area contributed by atoms with Crippen molar-refractivity contribution in [2.24, 2.45) is 5.92 Å². The highest BCUT2D eigenvalue weighted by atomic mass is 16.3. The summed E-state index contributed by atoms with van der Waals surface area (Å²) >= 11 is 0. The highest BCUT2D eigenvalue weighted by Crippen LogP contribution is 2.30. The Morgan fingerprint density at radius 2 is 1.81 bits per heavy atom. The number of aromatic hydroxyl groups is 1. The molecule has 0 aromatic heterocycles. The maximum absolute atomic E-state index is 12.6. The first kappa shape index (κ1) is 15.1. The number of para-hydroxylation sites is 1. The topological polar surface area (TPSA) is 60.8 Å². The number of carbonyl (C=O) groups is 1. The summed E-state index contributed by atoms with van der Waals surface area (Å²) in [6.07, 6.45) is 0. The summed E-state index contributed by atoms with van der Waals surface area (Å²) in [5.41, 5.74) is 2.09. The highest BCUT2D eigenvalue weighted by Gasteiger charge is 2.23. The molecule has 1 unspecified atom stereocenters. The van der Waals surface area contributed by atoms with E-state index in [0.717, 1.165) is 5.69 Å². The molecular formula is C17H19NO3. The fourth-order valence-corrected chi connectivity index (χ4v) is 2.06. The van der Waals surface area contributed by atoms with E-state index in [2.05, 4.69) is 0 Å². The zero-order valence-electron chi connectivity index (χ0n) is 12.2. The summed E-state index contributed by atoms with van der Waals surface area (Å²) in [4.78, 5) is 14.1. The molecule has 0 aliphatic carbocycles. The Balaban J connectivity index is 2.50. The molecule has 0 spiro atoms. The van der Waals surface area contributed by atoms with Crippen LogP contribution in [-0.4, -0.2) is 22.7 Å². The second kappa shape index (κ2) is 6.41. The van der Waals surface area contributed by atoms with Crippen LogP contribution in [0.2, 0.25) is 0 Å². The molecule has 0 fully saturated rings. The molecule has 0 bridgehead atoms. The number of carbonyl (C=O) groups excluding carboxylic acids is 1. The molecule has 0 saturated heterocycles. The first-order valence-electron chi connectivity index (χ1n) is 6.84. The van der Waals surface area contributed by atoms with Gasteiger partial charge in [-0.3, -0.25) is 9.69 Å². The van der Waals surface area contributed by atoms with Crippen LogP contribution in [0.4, 0.5) is 11.4 Å². The molecule has 21 heavy (non-hydrogen) atoms. The lowest BCUT2D eigenvalue weighted by atomic mass is 10.1. The van der Waals surface area contributed by atoms with Crippen molar-refractivity contribution in [2.45, 2.75) is 13.8 Å². The van der Waals surface area contributed by atoms with Gasteiger partial charge in [0.2, 0.25) is 5.91 Å². The number of aliphatic hydroxyl groups excluding tert-OH is 1. The first-order chi connectivity index (χ1) is 10.0. The molecule has 2 N–H and O–H groups in total. The lowest BCUT2D eigenvalue weighted by Crippen LogP contribution is -2.32. The number of hydrogen-bond donors (Lipinski definition) is 2. The van der Waals surface area contributed by atoms with Crippen molar-refractivity contribution in [3.8, 4) is 5.75 Å². The molecule has 1 amide bonds. The minimum absolute atomic E-state index is 0.186. The number of aryl methyl sites for hydroxylation is 1. The standard InChI is InChI=1S/C17H19NO3/c1-12-10-15(8-9-16(12)20)18(17(21)13(2)11-19)14-6-4-3-5-7-14/h3-10,13,19-20H,11H2,1-2H3. The fourth-order valence-electron chi connectivity index (χ4n) is 2.06. The van der Waals surface area contributed by atoms with Gasteiger partial charge in [0.05, 0.1) is 12.5 Å². The Labute approximate surface area is 124 Å². The van der Waals surface area contributed by atoms with E-state index in [1.807, 2.05) is 30.3 Å². The van der Waals surface area contributed by atoms with Crippen molar-refractivity contribution in [1.29, 1.82) is 0 Å². The zero-order chi connectivity index (χ0) is 15.4. The van der Waals surface area contributed by atoms with Crippen molar-refractivity contribution in [3.05, 3.63) is 54.1 Å². The monoisotopic (exact) mass is 285 g/mol. The van der Waals surface area contributed by atoms with Crippen LogP contribution in [0.15, 0.2) is 48.5 Å². The largest absolute Gasteiger partial charge is 0.508 e.